The highest BCUT2D eigenvalue weighted by Gasteiger charge is 2.31. The van der Waals surface area contributed by atoms with Crippen molar-refractivity contribution < 1.29 is 4.79 Å². The molecule has 2 aromatic heterocycles. The molecular formula is C24H30N6O2. The number of hydrogen-bond acceptors (Lipinski definition) is 4. The van der Waals surface area contributed by atoms with Crippen molar-refractivity contribution >= 4 is 5.91 Å². The van der Waals surface area contributed by atoms with E-state index in [1.807, 2.05) is 44.5 Å². The molecule has 1 amide bonds. The molecule has 168 valence electrons. The highest BCUT2D eigenvalue weighted by atomic mass is 16.2. The molecule has 1 saturated heterocycles. The second-order valence-electron chi connectivity index (χ2n) is 9.07. The van der Waals surface area contributed by atoms with E-state index in [1.165, 1.54) is 17.5 Å². The molecule has 0 bridgehead atoms. The van der Waals surface area contributed by atoms with Crippen LogP contribution in [0, 0.1) is 0 Å². The van der Waals surface area contributed by atoms with E-state index >= 15 is 0 Å². The number of nitrogens with zero attached hydrogens (tertiary/aromatic N) is 6. The van der Waals surface area contributed by atoms with E-state index in [0.717, 1.165) is 49.2 Å². The van der Waals surface area contributed by atoms with Crippen LogP contribution in [0.2, 0.25) is 0 Å². The first-order valence-corrected chi connectivity index (χ1v) is 11.6. The van der Waals surface area contributed by atoms with Gasteiger partial charge in [-0.3, -0.25) is 9.36 Å². The molecule has 2 fully saturated rings. The maximum atomic E-state index is 13.0. The smallest absolute Gasteiger partial charge is 0.339 e. The van der Waals surface area contributed by atoms with Crippen molar-refractivity contribution in [1.82, 2.24) is 28.8 Å². The molecule has 3 heterocycles. The predicted molar refractivity (Wildman–Crippen MR) is 121 cm³/mol. The number of likely N-dealkylation sites (tertiary alicyclic amines) is 1. The Balaban J connectivity index is 1.24. The van der Waals surface area contributed by atoms with Gasteiger partial charge >= 0.3 is 5.69 Å². The SMILES string of the molecule is Cn1nc(C2CCN(C(=O)c3ccc(Cn4ccnc4)cc3)CC2)n(C2CCCC2)c1=O. The Morgan fingerprint density at radius 3 is 2.44 bits per heavy atom. The summed E-state index contributed by atoms with van der Waals surface area (Å²) in [7, 11) is 1.74. The molecular weight excluding hydrogens is 404 g/mol. The second-order valence-corrected chi connectivity index (χ2v) is 9.07. The summed E-state index contributed by atoms with van der Waals surface area (Å²) >= 11 is 0. The Kier molecular flexibility index (Phi) is 5.68. The highest BCUT2D eigenvalue weighted by molar-refractivity contribution is 5.94. The van der Waals surface area contributed by atoms with Crippen molar-refractivity contribution in [2.75, 3.05) is 13.1 Å². The third kappa shape index (κ3) is 4.01. The number of aryl methyl sites for hydroxylation is 1. The van der Waals surface area contributed by atoms with Gasteiger partial charge in [-0.2, -0.15) is 5.10 Å². The standard InChI is InChI=1S/C24H30N6O2/c1-27-24(32)30(21-4-2-3-5-21)22(26-27)19-10-13-29(14-11-19)23(31)20-8-6-18(7-9-20)16-28-15-12-25-17-28/h6-9,12,15,17,19,21H,2-5,10-11,13-14,16H2,1H3. The summed E-state index contributed by atoms with van der Waals surface area (Å²) in [6.45, 7) is 2.12. The van der Waals surface area contributed by atoms with Crippen LogP contribution in [0.3, 0.4) is 0 Å². The summed E-state index contributed by atoms with van der Waals surface area (Å²) in [6, 6.07) is 8.13. The average molecular weight is 435 g/mol. The van der Waals surface area contributed by atoms with Crippen molar-refractivity contribution in [1.29, 1.82) is 0 Å². The summed E-state index contributed by atoms with van der Waals surface area (Å²) in [5.41, 5.74) is 1.86. The number of imidazole rings is 1. The number of hydrogen-bond donors (Lipinski definition) is 0. The van der Waals surface area contributed by atoms with Gasteiger partial charge in [-0.25, -0.2) is 14.5 Å². The Hall–Kier alpha value is -3.16. The number of amides is 1. The van der Waals surface area contributed by atoms with Crippen LogP contribution in [-0.4, -0.2) is 47.8 Å². The van der Waals surface area contributed by atoms with E-state index in [9.17, 15) is 9.59 Å². The Morgan fingerprint density at radius 2 is 1.78 bits per heavy atom. The number of rotatable bonds is 5. The van der Waals surface area contributed by atoms with Crippen LogP contribution >= 0.6 is 0 Å². The van der Waals surface area contributed by atoms with Crippen molar-refractivity contribution in [3.05, 3.63) is 70.4 Å². The second kappa shape index (κ2) is 8.76. The molecule has 0 spiro atoms. The molecule has 1 saturated carbocycles. The quantitative estimate of drug-likeness (QED) is 0.619. The van der Waals surface area contributed by atoms with Crippen LogP contribution in [0.25, 0.3) is 0 Å². The number of carbonyl (C=O) groups is 1. The lowest BCUT2D eigenvalue weighted by atomic mass is 9.95. The van der Waals surface area contributed by atoms with Gasteiger partial charge in [0, 0.05) is 56.6 Å². The zero-order chi connectivity index (χ0) is 22.1. The first-order chi connectivity index (χ1) is 15.6. The van der Waals surface area contributed by atoms with Crippen LogP contribution in [-0.2, 0) is 13.6 Å². The Bertz CT molecular complexity index is 1110. The van der Waals surface area contributed by atoms with Gasteiger partial charge in [0.15, 0.2) is 0 Å². The first-order valence-electron chi connectivity index (χ1n) is 11.6. The number of benzene rings is 1. The average Bonchev–Trinajstić information content (AvgIpc) is 3.57. The zero-order valence-corrected chi connectivity index (χ0v) is 18.6. The number of aromatic nitrogens is 5. The van der Waals surface area contributed by atoms with Crippen LogP contribution in [0.15, 0.2) is 47.8 Å². The van der Waals surface area contributed by atoms with Gasteiger partial charge in [-0.15, -0.1) is 0 Å². The highest BCUT2D eigenvalue weighted by Crippen LogP contribution is 2.33. The minimum Gasteiger partial charge on any atom is -0.339 e. The summed E-state index contributed by atoms with van der Waals surface area (Å²) < 4.78 is 5.44. The molecule has 32 heavy (non-hydrogen) atoms. The van der Waals surface area contributed by atoms with Gasteiger partial charge in [0.2, 0.25) is 0 Å². The van der Waals surface area contributed by atoms with Crippen molar-refractivity contribution in [3.63, 3.8) is 0 Å². The Labute approximate surface area is 187 Å². The molecule has 2 aliphatic rings. The number of carbonyl (C=O) groups excluding carboxylic acids is 1. The van der Waals surface area contributed by atoms with Crippen LogP contribution in [0.1, 0.15) is 72.2 Å². The predicted octanol–water partition coefficient (Wildman–Crippen LogP) is 2.96. The molecule has 1 aliphatic heterocycles. The normalized spacial score (nSPS) is 17.8. The molecule has 3 aromatic rings. The largest absolute Gasteiger partial charge is 0.345 e. The zero-order valence-electron chi connectivity index (χ0n) is 18.6. The summed E-state index contributed by atoms with van der Waals surface area (Å²) in [5.74, 6) is 1.22. The lowest BCUT2D eigenvalue weighted by molar-refractivity contribution is 0.0709. The van der Waals surface area contributed by atoms with Gasteiger partial charge in [-0.05, 0) is 43.4 Å². The minimum atomic E-state index is 0.00110. The molecule has 0 N–H and O–H groups in total. The lowest BCUT2D eigenvalue weighted by Gasteiger charge is -2.32. The fourth-order valence-electron chi connectivity index (χ4n) is 5.15. The van der Waals surface area contributed by atoms with Gasteiger partial charge < -0.3 is 9.47 Å². The molecule has 8 heteroatoms. The van der Waals surface area contributed by atoms with Crippen molar-refractivity contribution in [2.24, 2.45) is 7.05 Å². The molecule has 1 aromatic carbocycles. The fourth-order valence-corrected chi connectivity index (χ4v) is 5.15. The molecule has 8 nitrogen and oxygen atoms in total. The van der Waals surface area contributed by atoms with E-state index in [1.54, 1.807) is 19.6 Å². The van der Waals surface area contributed by atoms with Crippen LogP contribution < -0.4 is 5.69 Å². The van der Waals surface area contributed by atoms with E-state index in [0.29, 0.717) is 13.1 Å². The van der Waals surface area contributed by atoms with Crippen molar-refractivity contribution in [3.8, 4) is 0 Å². The Morgan fingerprint density at radius 1 is 1.06 bits per heavy atom. The monoisotopic (exact) mass is 434 g/mol. The van der Waals surface area contributed by atoms with E-state index < -0.39 is 0 Å². The van der Waals surface area contributed by atoms with Crippen LogP contribution in [0.5, 0.6) is 0 Å². The van der Waals surface area contributed by atoms with Gasteiger partial charge in [0.05, 0.1) is 6.33 Å². The summed E-state index contributed by atoms with van der Waals surface area (Å²) in [6.07, 6.45) is 11.6. The third-order valence-electron chi connectivity index (χ3n) is 6.94. The molecule has 0 unspecified atom stereocenters. The summed E-state index contributed by atoms with van der Waals surface area (Å²) in [4.78, 5) is 31.7. The van der Waals surface area contributed by atoms with Crippen molar-refractivity contribution in [2.45, 2.75) is 57.0 Å². The van der Waals surface area contributed by atoms with Crippen LogP contribution in [0.4, 0.5) is 0 Å². The molecule has 1 aliphatic carbocycles. The van der Waals surface area contributed by atoms with E-state index in [4.69, 9.17) is 0 Å². The minimum absolute atomic E-state index is 0.00110. The lowest BCUT2D eigenvalue weighted by Crippen LogP contribution is -2.38. The topological polar surface area (TPSA) is 78.0 Å². The molecule has 0 atom stereocenters. The van der Waals surface area contributed by atoms with E-state index in [2.05, 4.69) is 10.1 Å². The van der Waals surface area contributed by atoms with Gasteiger partial charge in [0.25, 0.3) is 5.91 Å². The van der Waals surface area contributed by atoms with Gasteiger partial charge in [-0.1, -0.05) is 25.0 Å². The molecule has 0 radical (unpaired) electrons. The van der Waals surface area contributed by atoms with E-state index in [-0.39, 0.29) is 23.6 Å². The summed E-state index contributed by atoms with van der Waals surface area (Å²) in [5, 5.41) is 4.60. The third-order valence-corrected chi connectivity index (χ3v) is 6.94. The maximum Gasteiger partial charge on any atom is 0.345 e. The fraction of sp³-hybridized carbons (Fsp3) is 0.500. The number of piperidine rings is 1. The maximum absolute atomic E-state index is 13.0. The molecule has 5 rings (SSSR count). The van der Waals surface area contributed by atoms with Gasteiger partial charge in [0.1, 0.15) is 5.82 Å². The first kappa shape index (κ1) is 20.7.